The molecule has 0 radical (unpaired) electrons. The Morgan fingerprint density at radius 2 is 1.90 bits per heavy atom. The Morgan fingerprint density at radius 1 is 1.10 bits per heavy atom. The van der Waals surface area contributed by atoms with Crippen LogP contribution in [0.2, 0.25) is 0 Å². The highest BCUT2D eigenvalue weighted by Gasteiger charge is 2.38. The zero-order valence-electron chi connectivity index (χ0n) is 11.9. The molecule has 3 nitrogen and oxygen atoms in total. The van der Waals surface area contributed by atoms with Gasteiger partial charge in [0.25, 0.3) is 0 Å². The van der Waals surface area contributed by atoms with Gasteiger partial charge in [0.1, 0.15) is 16.8 Å². The smallest absolute Gasteiger partial charge is 0.194 e. The molecule has 2 heterocycles. The van der Waals surface area contributed by atoms with Crippen LogP contribution in [0.15, 0.2) is 46.9 Å². The largest absolute Gasteiger partial charge is 0.456 e. The number of rotatable bonds is 2. The van der Waals surface area contributed by atoms with Crippen molar-refractivity contribution in [3.63, 3.8) is 0 Å². The van der Waals surface area contributed by atoms with Gasteiger partial charge in [-0.3, -0.25) is 4.79 Å². The van der Waals surface area contributed by atoms with Crippen molar-refractivity contribution in [3.8, 4) is 0 Å². The SMILES string of the molecule is CC1(C(=O)c2ccc3oc4ccccc4c3c2)CCCO1. The number of hydrogen-bond acceptors (Lipinski definition) is 3. The van der Waals surface area contributed by atoms with Crippen molar-refractivity contribution in [2.75, 3.05) is 6.61 Å². The fourth-order valence-electron chi connectivity index (χ4n) is 3.13. The van der Waals surface area contributed by atoms with Crippen LogP contribution in [0, 0.1) is 0 Å². The van der Waals surface area contributed by atoms with Gasteiger partial charge in [-0.2, -0.15) is 0 Å². The lowest BCUT2D eigenvalue weighted by molar-refractivity contribution is 0.0213. The summed E-state index contributed by atoms with van der Waals surface area (Å²) in [7, 11) is 0. The van der Waals surface area contributed by atoms with E-state index in [1.54, 1.807) is 0 Å². The summed E-state index contributed by atoms with van der Waals surface area (Å²) >= 11 is 0. The molecule has 1 aromatic heterocycles. The maximum absolute atomic E-state index is 12.7. The van der Waals surface area contributed by atoms with Crippen molar-refractivity contribution in [1.82, 2.24) is 0 Å². The number of Topliss-reactive ketones (excluding diaryl/α,β-unsaturated/α-hetero) is 1. The van der Waals surface area contributed by atoms with E-state index in [4.69, 9.17) is 9.15 Å². The predicted octanol–water partition coefficient (Wildman–Crippen LogP) is 4.34. The van der Waals surface area contributed by atoms with E-state index in [9.17, 15) is 4.79 Å². The summed E-state index contributed by atoms with van der Waals surface area (Å²) in [5.41, 5.74) is 1.68. The fraction of sp³-hybridized carbons (Fsp3) is 0.278. The molecule has 1 fully saturated rings. The Hall–Kier alpha value is -2.13. The monoisotopic (exact) mass is 280 g/mol. The van der Waals surface area contributed by atoms with Crippen LogP contribution in [0.1, 0.15) is 30.1 Å². The van der Waals surface area contributed by atoms with Gasteiger partial charge in [-0.05, 0) is 44.0 Å². The van der Waals surface area contributed by atoms with Crippen LogP contribution in [0.4, 0.5) is 0 Å². The first kappa shape index (κ1) is 12.6. The van der Waals surface area contributed by atoms with E-state index >= 15 is 0 Å². The molecule has 1 unspecified atom stereocenters. The maximum Gasteiger partial charge on any atom is 0.194 e. The number of para-hydroxylation sites is 1. The van der Waals surface area contributed by atoms with Gasteiger partial charge in [0.2, 0.25) is 0 Å². The summed E-state index contributed by atoms with van der Waals surface area (Å²) in [4.78, 5) is 12.7. The summed E-state index contributed by atoms with van der Waals surface area (Å²) in [6, 6.07) is 13.5. The van der Waals surface area contributed by atoms with E-state index in [-0.39, 0.29) is 5.78 Å². The molecule has 0 aliphatic carbocycles. The van der Waals surface area contributed by atoms with Gasteiger partial charge in [0, 0.05) is 22.9 Å². The first-order chi connectivity index (χ1) is 10.2. The molecule has 2 aromatic carbocycles. The van der Waals surface area contributed by atoms with Crippen molar-refractivity contribution < 1.29 is 13.9 Å². The molecule has 106 valence electrons. The number of fused-ring (bicyclic) bond motifs is 3. The van der Waals surface area contributed by atoms with E-state index in [0.717, 1.165) is 34.8 Å². The van der Waals surface area contributed by atoms with E-state index in [0.29, 0.717) is 12.2 Å². The molecule has 1 aliphatic heterocycles. The minimum Gasteiger partial charge on any atom is -0.456 e. The molecule has 0 bridgehead atoms. The highest BCUT2D eigenvalue weighted by atomic mass is 16.5. The zero-order chi connectivity index (χ0) is 14.4. The summed E-state index contributed by atoms with van der Waals surface area (Å²) < 4.78 is 11.5. The topological polar surface area (TPSA) is 39.4 Å². The summed E-state index contributed by atoms with van der Waals surface area (Å²) in [5.74, 6) is 0.0622. The minimum atomic E-state index is -0.673. The number of carbonyl (C=O) groups is 1. The Kier molecular flexibility index (Phi) is 2.66. The first-order valence-electron chi connectivity index (χ1n) is 7.27. The van der Waals surface area contributed by atoms with Crippen LogP contribution >= 0.6 is 0 Å². The van der Waals surface area contributed by atoms with Crippen LogP contribution in [0.3, 0.4) is 0 Å². The van der Waals surface area contributed by atoms with Crippen LogP contribution in [-0.2, 0) is 4.74 Å². The van der Waals surface area contributed by atoms with Gasteiger partial charge in [-0.25, -0.2) is 0 Å². The van der Waals surface area contributed by atoms with Gasteiger partial charge >= 0.3 is 0 Å². The Balaban J connectivity index is 1.86. The molecule has 4 rings (SSSR count). The Labute approximate surface area is 122 Å². The summed E-state index contributed by atoms with van der Waals surface area (Å²) in [6.45, 7) is 2.55. The molecule has 0 spiro atoms. The number of hydrogen-bond donors (Lipinski definition) is 0. The van der Waals surface area contributed by atoms with Crippen molar-refractivity contribution in [2.45, 2.75) is 25.4 Å². The van der Waals surface area contributed by atoms with Gasteiger partial charge < -0.3 is 9.15 Å². The van der Waals surface area contributed by atoms with Crippen LogP contribution in [-0.4, -0.2) is 18.0 Å². The maximum atomic E-state index is 12.7. The highest BCUT2D eigenvalue weighted by molar-refractivity contribution is 6.10. The lowest BCUT2D eigenvalue weighted by atomic mass is 9.91. The molecule has 0 amide bonds. The van der Waals surface area contributed by atoms with Crippen molar-refractivity contribution in [3.05, 3.63) is 48.0 Å². The predicted molar refractivity (Wildman–Crippen MR) is 81.6 cm³/mol. The second-order valence-corrected chi connectivity index (χ2v) is 5.82. The molecule has 3 heteroatoms. The third-order valence-corrected chi connectivity index (χ3v) is 4.34. The molecule has 1 aliphatic rings. The molecular formula is C18H16O3. The van der Waals surface area contributed by atoms with Crippen molar-refractivity contribution in [1.29, 1.82) is 0 Å². The molecule has 1 saturated heterocycles. The lowest BCUT2D eigenvalue weighted by Gasteiger charge is -2.21. The molecule has 3 aromatic rings. The Bertz CT molecular complexity index is 838. The van der Waals surface area contributed by atoms with Crippen molar-refractivity contribution in [2.24, 2.45) is 0 Å². The van der Waals surface area contributed by atoms with E-state index < -0.39 is 5.60 Å². The quantitative estimate of drug-likeness (QED) is 0.656. The number of furan rings is 1. The van der Waals surface area contributed by atoms with Gasteiger partial charge in [0.05, 0.1) is 0 Å². The second kappa shape index (κ2) is 4.43. The normalized spacial score (nSPS) is 22.1. The average molecular weight is 280 g/mol. The average Bonchev–Trinajstić information content (AvgIpc) is 3.10. The van der Waals surface area contributed by atoms with Crippen molar-refractivity contribution >= 4 is 27.7 Å². The number of benzene rings is 2. The standard InChI is InChI=1S/C18H16O3/c1-18(9-4-10-20-18)17(19)12-7-8-16-14(11-12)13-5-2-3-6-15(13)21-16/h2-3,5-8,11H,4,9-10H2,1H3. The van der Waals surface area contributed by atoms with Crippen LogP contribution in [0.25, 0.3) is 21.9 Å². The Morgan fingerprint density at radius 3 is 2.71 bits per heavy atom. The lowest BCUT2D eigenvalue weighted by Crippen LogP contribution is -2.34. The van der Waals surface area contributed by atoms with Gasteiger partial charge in [0.15, 0.2) is 5.78 Å². The minimum absolute atomic E-state index is 0.0622. The fourth-order valence-corrected chi connectivity index (χ4v) is 3.13. The highest BCUT2D eigenvalue weighted by Crippen LogP contribution is 2.33. The number of ketones is 1. The first-order valence-corrected chi connectivity index (χ1v) is 7.27. The molecule has 0 saturated carbocycles. The molecular weight excluding hydrogens is 264 g/mol. The molecule has 0 N–H and O–H groups in total. The molecule has 21 heavy (non-hydrogen) atoms. The van der Waals surface area contributed by atoms with E-state index in [1.807, 2.05) is 49.4 Å². The second-order valence-electron chi connectivity index (χ2n) is 5.82. The van der Waals surface area contributed by atoms with E-state index in [1.165, 1.54) is 0 Å². The molecule has 1 atom stereocenters. The summed E-state index contributed by atoms with van der Waals surface area (Å²) in [5, 5.41) is 2.03. The van der Waals surface area contributed by atoms with Gasteiger partial charge in [-0.15, -0.1) is 0 Å². The number of carbonyl (C=O) groups excluding carboxylic acids is 1. The summed E-state index contributed by atoms with van der Waals surface area (Å²) in [6.07, 6.45) is 1.73. The third-order valence-electron chi connectivity index (χ3n) is 4.34. The van der Waals surface area contributed by atoms with Crippen LogP contribution in [0.5, 0.6) is 0 Å². The number of ether oxygens (including phenoxy) is 1. The van der Waals surface area contributed by atoms with E-state index in [2.05, 4.69) is 0 Å². The van der Waals surface area contributed by atoms with Crippen LogP contribution < -0.4 is 0 Å². The zero-order valence-corrected chi connectivity index (χ0v) is 11.9. The van der Waals surface area contributed by atoms with Gasteiger partial charge in [-0.1, -0.05) is 18.2 Å². The third kappa shape index (κ3) is 1.88.